The van der Waals surface area contributed by atoms with Crippen LogP contribution in [-0.2, 0) is 52.3 Å². The Morgan fingerprint density at radius 2 is 2.02 bits per heavy atom. The van der Waals surface area contributed by atoms with Crippen LogP contribution in [0.1, 0.15) is 19.5 Å². The molecule has 0 bridgehead atoms. The number of amides is 2. The first-order chi connectivity index (χ1) is 23.8. The number of halogens is 1. The van der Waals surface area contributed by atoms with Gasteiger partial charge in [0.25, 0.3) is 24.4 Å². The number of aliphatic hydroxyl groups excluding tert-OH is 1. The average Bonchev–Trinajstić information content (AvgIpc) is 3.64. The van der Waals surface area contributed by atoms with Crippen LogP contribution < -0.4 is 26.2 Å². The number of aromatic nitrogens is 3. The van der Waals surface area contributed by atoms with Crippen molar-refractivity contribution >= 4 is 56.8 Å². The zero-order valence-corrected chi connectivity index (χ0v) is 28.5. The van der Waals surface area contributed by atoms with Gasteiger partial charge in [0.2, 0.25) is 16.6 Å². The van der Waals surface area contributed by atoms with Gasteiger partial charge in [-0.3, -0.25) is 14.4 Å². The first-order valence-corrected chi connectivity index (χ1v) is 16.5. The van der Waals surface area contributed by atoms with Gasteiger partial charge in [-0.05, 0) is 26.0 Å². The molecule has 3 atom stereocenters. The van der Waals surface area contributed by atoms with E-state index in [1.807, 2.05) is 0 Å². The summed E-state index contributed by atoms with van der Waals surface area (Å²) in [4.78, 5) is 55.0. The summed E-state index contributed by atoms with van der Waals surface area (Å²) in [7, 11) is -3.59. The van der Waals surface area contributed by atoms with Gasteiger partial charge in [0.15, 0.2) is 17.9 Å². The number of carboxylic acids is 1. The number of aryl methyl sites for hydroxylation is 1. The van der Waals surface area contributed by atoms with Gasteiger partial charge < -0.3 is 46.2 Å². The van der Waals surface area contributed by atoms with Crippen molar-refractivity contribution in [3.05, 3.63) is 47.5 Å². The van der Waals surface area contributed by atoms with Crippen molar-refractivity contribution < 1.29 is 70.4 Å². The van der Waals surface area contributed by atoms with Crippen molar-refractivity contribution in [2.45, 2.75) is 44.2 Å². The molecule has 3 heterocycles. The highest BCUT2D eigenvalue weighted by Crippen LogP contribution is 2.33. The Bertz CT molecular complexity index is 1900. The van der Waals surface area contributed by atoms with Gasteiger partial charge >= 0.3 is 5.97 Å². The molecule has 8 N–H and O–H groups in total. The number of rotatable bonds is 15. The summed E-state index contributed by atoms with van der Waals surface area (Å²) in [6.07, 6.45) is 0.633. The Morgan fingerprint density at radius 1 is 1.35 bits per heavy atom. The Morgan fingerprint density at radius 3 is 2.55 bits per heavy atom. The van der Waals surface area contributed by atoms with E-state index < -0.39 is 70.1 Å². The Hall–Kier alpha value is -5.27. The van der Waals surface area contributed by atoms with E-state index in [0.717, 1.165) is 17.4 Å². The van der Waals surface area contributed by atoms with Gasteiger partial charge in [0.1, 0.15) is 36.5 Å². The molecule has 24 heteroatoms. The molecule has 1 aliphatic rings. The highest BCUT2D eigenvalue weighted by atomic mass is 32.3. The fourth-order valence-electron chi connectivity index (χ4n) is 4.44. The normalized spacial score (nSPS) is 16.6. The van der Waals surface area contributed by atoms with E-state index in [-0.39, 0.29) is 46.8 Å². The first-order valence-electron chi connectivity index (χ1n) is 14.3. The van der Waals surface area contributed by atoms with Gasteiger partial charge in [-0.15, -0.1) is 16.0 Å². The van der Waals surface area contributed by atoms with Crippen molar-refractivity contribution in [3.63, 3.8) is 0 Å². The van der Waals surface area contributed by atoms with Crippen LogP contribution in [0.15, 0.2) is 41.1 Å². The first kappa shape index (κ1) is 40.2. The molecule has 1 fully saturated rings. The summed E-state index contributed by atoms with van der Waals surface area (Å²) in [5.41, 5.74) is 9.55. The summed E-state index contributed by atoms with van der Waals surface area (Å²) >= 11 is 0.909. The third-order valence-electron chi connectivity index (χ3n) is 6.99. The smallest absolute Gasteiger partial charge is 0.351 e. The maximum atomic E-state index is 15.1. The standard InChI is InChI=1S/C26H31FN8O11S2.CH2O2/c1-26(2)21(23(38)35(26)46-48(41,42)43)31-22(37)20(18-12-47-25(29)30-18)32-45-19(24(39)40)11-44-15-4-5-16(17(27)6-15)13-8-33(3)34(9-13)10-14(36)7-28;2-1-3/h4-6,8-9,12,14,19,21,36H,7,10-11,28H2,1-3H3,(H4-,29,30,31,37,39,40,41,42,43);1H,(H,2,3)/b32-20-;/t14?,19-,21+;/m0./s1. The van der Waals surface area contributed by atoms with Crippen LogP contribution in [0, 0.1) is 5.82 Å². The van der Waals surface area contributed by atoms with Gasteiger partial charge in [-0.1, -0.05) is 5.16 Å². The lowest BCUT2D eigenvalue weighted by Gasteiger charge is -2.51. The molecule has 51 heavy (non-hydrogen) atoms. The van der Waals surface area contributed by atoms with Crippen LogP contribution >= 0.6 is 11.3 Å². The number of nitrogens with two attached hydrogens (primary N) is 2. The van der Waals surface area contributed by atoms with Gasteiger partial charge in [-0.2, -0.15) is 14.0 Å². The van der Waals surface area contributed by atoms with E-state index in [1.165, 1.54) is 31.4 Å². The summed E-state index contributed by atoms with van der Waals surface area (Å²) in [5, 5.41) is 34.0. The molecule has 1 unspecified atom stereocenters. The van der Waals surface area contributed by atoms with Crippen LogP contribution in [0.2, 0.25) is 0 Å². The number of anilines is 1. The predicted octanol–water partition coefficient (Wildman–Crippen LogP) is -2.07. The molecule has 0 aliphatic carbocycles. The van der Waals surface area contributed by atoms with Crippen LogP contribution in [0.25, 0.3) is 11.1 Å². The number of aliphatic hydroxyl groups is 1. The molecule has 4 rings (SSSR count). The average molecular weight is 761 g/mol. The molecule has 278 valence electrons. The maximum absolute atomic E-state index is 15.1. The van der Waals surface area contributed by atoms with Crippen LogP contribution in [0.4, 0.5) is 9.52 Å². The lowest BCUT2D eigenvalue weighted by Crippen LogP contribution is -2.76. The highest BCUT2D eigenvalue weighted by Gasteiger charge is 2.57. The molecule has 1 aromatic carbocycles. The number of oxime groups is 1. The monoisotopic (exact) mass is 760 g/mol. The zero-order chi connectivity index (χ0) is 38.3. The van der Waals surface area contributed by atoms with Gasteiger partial charge in [0, 0.05) is 23.6 Å². The van der Waals surface area contributed by atoms with Gasteiger partial charge in [0.05, 0.1) is 23.4 Å². The Labute approximate surface area is 292 Å². The minimum absolute atomic E-state index is 0.00726. The number of aliphatic carboxylic acids is 1. The lowest BCUT2D eigenvalue weighted by atomic mass is 9.84. The highest BCUT2D eigenvalue weighted by molar-refractivity contribution is 7.80. The lowest BCUT2D eigenvalue weighted by molar-refractivity contribution is -0.754. The second-order valence-electron chi connectivity index (χ2n) is 11.0. The predicted molar refractivity (Wildman–Crippen MR) is 169 cm³/mol. The molecule has 0 saturated carbocycles. The fourth-order valence-corrected chi connectivity index (χ4v) is 5.44. The largest absolute Gasteiger partial charge is 0.724 e. The van der Waals surface area contributed by atoms with E-state index in [9.17, 15) is 37.6 Å². The molecule has 21 nitrogen and oxygen atoms in total. The molecule has 2 amide bonds. The van der Waals surface area contributed by atoms with Gasteiger partial charge in [-0.25, -0.2) is 22.6 Å². The number of nitrogen functional groups attached to an aromatic ring is 1. The second-order valence-corrected chi connectivity index (χ2v) is 12.8. The van der Waals surface area contributed by atoms with E-state index in [4.69, 9.17) is 30.9 Å². The van der Waals surface area contributed by atoms with E-state index in [1.54, 1.807) is 28.8 Å². The number of carbonyl (C=O) groups excluding carboxylic acids is 2. The summed E-state index contributed by atoms with van der Waals surface area (Å²) < 4.78 is 60.9. The number of nitrogens with one attached hydrogen (secondary N) is 1. The minimum Gasteiger partial charge on any atom is -0.724 e. The number of carbonyl (C=O) groups is 4. The van der Waals surface area contributed by atoms with Crippen molar-refractivity contribution in [1.82, 2.24) is 20.0 Å². The summed E-state index contributed by atoms with van der Waals surface area (Å²) in [6.45, 7) is 1.89. The summed E-state index contributed by atoms with van der Waals surface area (Å²) in [6, 6.07) is 2.44. The number of thiazole rings is 1. The number of carboxylic acid groups (broad SMARTS) is 2. The fraction of sp³-hybridized carbons (Fsp3) is 0.370. The van der Waals surface area contributed by atoms with E-state index in [0.29, 0.717) is 5.56 Å². The molecule has 3 aromatic rings. The maximum Gasteiger partial charge on any atom is 0.351 e. The van der Waals surface area contributed by atoms with Crippen molar-refractivity contribution in [2.75, 3.05) is 18.9 Å². The minimum atomic E-state index is -5.30. The molecular weight excluding hydrogens is 727 g/mol. The molecule has 1 aliphatic heterocycles. The zero-order valence-electron chi connectivity index (χ0n) is 26.9. The number of hydroxylamine groups is 2. The number of ether oxygens (including phenoxy) is 1. The van der Waals surface area contributed by atoms with Crippen molar-refractivity contribution in [2.24, 2.45) is 17.9 Å². The van der Waals surface area contributed by atoms with E-state index in [2.05, 4.69) is 19.7 Å². The molecule has 2 aromatic heterocycles. The van der Waals surface area contributed by atoms with Crippen molar-refractivity contribution in [3.8, 4) is 16.9 Å². The second kappa shape index (κ2) is 16.6. The third-order valence-corrected chi connectivity index (χ3v) is 7.99. The number of β-lactam (4-membered cyclic amide) rings is 1. The number of nitrogens with zero attached hydrogens (tertiary/aromatic N) is 5. The number of benzene rings is 1. The van der Waals surface area contributed by atoms with Crippen LogP contribution in [0.3, 0.4) is 0 Å². The molecule has 1 saturated heterocycles. The SMILES string of the molecule is C[n+]1cc(-c2ccc(OC[C@H](O/N=C(\C(=O)N[C@@H]3C(=O)N(OS(=O)(=O)[O-])C3(C)C)c3csc(N)n3)C(=O)O)cc2F)cn1CC(O)CN.O=CO. The summed E-state index contributed by atoms with van der Waals surface area (Å²) in [5.74, 6) is -4.48. The molecule has 0 radical (unpaired) electrons. The Balaban J connectivity index is 0.00000226. The number of hydrogen-bond acceptors (Lipinski definition) is 16. The van der Waals surface area contributed by atoms with Crippen LogP contribution in [0.5, 0.6) is 5.75 Å². The van der Waals surface area contributed by atoms with Crippen molar-refractivity contribution in [1.29, 1.82) is 0 Å². The topological polar surface area (TPSA) is 315 Å². The Kier molecular flexibility index (Phi) is 13.1. The molecular formula is C27H33FN8O13S2. The third kappa shape index (κ3) is 10.1. The quantitative estimate of drug-likeness (QED) is 0.0184. The van der Waals surface area contributed by atoms with Crippen LogP contribution in [-0.4, -0.2) is 110 Å². The van der Waals surface area contributed by atoms with E-state index >= 15 is 4.39 Å². The number of hydrogen-bond donors (Lipinski definition) is 6. The molecule has 0 spiro atoms.